The van der Waals surface area contributed by atoms with Gasteiger partial charge in [0.1, 0.15) is 0 Å². The number of nitrogens with zero attached hydrogens (tertiary/aromatic N) is 1. The van der Waals surface area contributed by atoms with Gasteiger partial charge in [0.05, 0.1) is 5.41 Å². The summed E-state index contributed by atoms with van der Waals surface area (Å²) in [7, 11) is 0. The van der Waals surface area contributed by atoms with E-state index in [-0.39, 0.29) is 5.41 Å². The van der Waals surface area contributed by atoms with Crippen molar-refractivity contribution in [2.24, 2.45) is 23.0 Å². The standard InChI is InChI=1S/C17H32N2O/c1-13(2)8-11-19(15-4-5-15)16(20)17(12-18)9-6-14(3)7-10-17/h13-15H,4-12,18H2,1-3H3. The van der Waals surface area contributed by atoms with E-state index in [9.17, 15) is 4.79 Å². The van der Waals surface area contributed by atoms with E-state index in [0.29, 0.717) is 24.4 Å². The normalized spacial score (nSPS) is 30.6. The zero-order valence-electron chi connectivity index (χ0n) is 13.5. The summed E-state index contributed by atoms with van der Waals surface area (Å²) in [5, 5.41) is 0. The number of hydrogen-bond acceptors (Lipinski definition) is 2. The van der Waals surface area contributed by atoms with Gasteiger partial charge >= 0.3 is 0 Å². The number of amides is 1. The molecular weight excluding hydrogens is 248 g/mol. The summed E-state index contributed by atoms with van der Waals surface area (Å²) in [6.45, 7) is 8.22. The van der Waals surface area contributed by atoms with Crippen molar-refractivity contribution < 1.29 is 4.79 Å². The summed E-state index contributed by atoms with van der Waals surface area (Å²) >= 11 is 0. The van der Waals surface area contributed by atoms with E-state index in [1.54, 1.807) is 0 Å². The summed E-state index contributed by atoms with van der Waals surface area (Å²) in [4.78, 5) is 15.3. The Bertz CT molecular complexity index is 328. The van der Waals surface area contributed by atoms with Crippen molar-refractivity contribution in [2.75, 3.05) is 13.1 Å². The van der Waals surface area contributed by atoms with Crippen LogP contribution in [-0.4, -0.2) is 29.9 Å². The van der Waals surface area contributed by atoms with Crippen molar-refractivity contribution in [2.45, 2.75) is 71.8 Å². The number of carbonyl (C=O) groups excluding carboxylic acids is 1. The Morgan fingerprint density at radius 3 is 2.30 bits per heavy atom. The van der Waals surface area contributed by atoms with Crippen LogP contribution in [0.3, 0.4) is 0 Å². The van der Waals surface area contributed by atoms with Crippen molar-refractivity contribution in [3.8, 4) is 0 Å². The molecule has 0 aromatic rings. The maximum atomic E-state index is 13.1. The zero-order chi connectivity index (χ0) is 14.8. The van der Waals surface area contributed by atoms with Gasteiger partial charge in [0.25, 0.3) is 0 Å². The number of hydrogen-bond donors (Lipinski definition) is 1. The molecule has 0 aromatic heterocycles. The molecule has 2 aliphatic carbocycles. The first kappa shape index (κ1) is 15.8. The van der Waals surface area contributed by atoms with E-state index >= 15 is 0 Å². The van der Waals surface area contributed by atoms with Crippen molar-refractivity contribution >= 4 is 5.91 Å². The highest BCUT2D eigenvalue weighted by molar-refractivity contribution is 5.83. The SMILES string of the molecule is CC(C)CCN(C(=O)C1(CN)CCC(C)CC1)C1CC1. The molecule has 0 atom stereocenters. The average Bonchev–Trinajstić information content (AvgIpc) is 3.24. The van der Waals surface area contributed by atoms with Crippen LogP contribution in [0.5, 0.6) is 0 Å². The van der Waals surface area contributed by atoms with Crippen LogP contribution in [-0.2, 0) is 4.79 Å². The first-order valence-electron chi connectivity index (χ1n) is 8.49. The third-order valence-electron chi connectivity index (χ3n) is 5.27. The van der Waals surface area contributed by atoms with Crippen LogP contribution in [0.2, 0.25) is 0 Å². The maximum Gasteiger partial charge on any atom is 0.230 e. The molecule has 0 aliphatic heterocycles. The van der Waals surface area contributed by atoms with Gasteiger partial charge in [0, 0.05) is 19.1 Å². The van der Waals surface area contributed by atoms with Crippen LogP contribution in [0.15, 0.2) is 0 Å². The molecule has 2 saturated carbocycles. The minimum absolute atomic E-state index is 0.244. The van der Waals surface area contributed by atoms with Gasteiger partial charge in [-0.3, -0.25) is 4.79 Å². The molecule has 2 N–H and O–H groups in total. The fraction of sp³-hybridized carbons (Fsp3) is 0.941. The summed E-state index contributed by atoms with van der Waals surface area (Å²) < 4.78 is 0. The molecule has 3 heteroatoms. The third-order valence-corrected chi connectivity index (χ3v) is 5.27. The van der Waals surface area contributed by atoms with Gasteiger partial charge in [-0.15, -0.1) is 0 Å². The molecule has 1 amide bonds. The molecule has 2 aliphatic rings. The fourth-order valence-electron chi connectivity index (χ4n) is 3.36. The van der Waals surface area contributed by atoms with Crippen LogP contribution < -0.4 is 5.73 Å². The molecule has 2 rings (SSSR count). The van der Waals surface area contributed by atoms with Crippen LogP contribution in [0.1, 0.15) is 65.7 Å². The average molecular weight is 280 g/mol. The zero-order valence-corrected chi connectivity index (χ0v) is 13.5. The Morgan fingerprint density at radius 1 is 1.25 bits per heavy atom. The Kier molecular flexibility index (Phi) is 5.11. The van der Waals surface area contributed by atoms with Crippen LogP contribution in [0.25, 0.3) is 0 Å². The lowest BCUT2D eigenvalue weighted by atomic mass is 9.70. The van der Waals surface area contributed by atoms with E-state index in [4.69, 9.17) is 5.73 Å². The highest BCUT2D eigenvalue weighted by atomic mass is 16.2. The topological polar surface area (TPSA) is 46.3 Å². The van der Waals surface area contributed by atoms with Crippen molar-refractivity contribution in [1.29, 1.82) is 0 Å². The van der Waals surface area contributed by atoms with Crippen molar-refractivity contribution in [1.82, 2.24) is 4.90 Å². The second-order valence-corrected chi connectivity index (χ2v) is 7.58. The Balaban J connectivity index is 2.04. The highest BCUT2D eigenvalue weighted by Gasteiger charge is 2.45. The molecule has 0 saturated heterocycles. The maximum absolute atomic E-state index is 13.1. The summed E-state index contributed by atoms with van der Waals surface area (Å²) in [6, 6.07) is 0.518. The Labute approximate surface area is 124 Å². The first-order valence-corrected chi connectivity index (χ1v) is 8.49. The summed E-state index contributed by atoms with van der Waals surface area (Å²) in [6.07, 6.45) is 7.81. The molecule has 2 fully saturated rings. The number of carbonyl (C=O) groups is 1. The van der Waals surface area contributed by atoms with E-state index in [1.165, 1.54) is 12.8 Å². The van der Waals surface area contributed by atoms with Crippen LogP contribution in [0, 0.1) is 17.3 Å². The van der Waals surface area contributed by atoms with Gasteiger partial charge in [-0.05, 0) is 56.8 Å². The molecule has 3 nitrogen and oxygen atoms in total. The predicted octanol–water partition coefficient (Wildman–Crippen LogP) is 3.18. The molecule has 0 unspecified atom stereocenters. The Hall–Kier alpha value is -0.570. The molecule has 0 heterocycles. The molecule has 20 heavy (non-hydrogen) atoms. The minimum atomic E-state index is -0.244. The van der Waals surface area contributed by atoms with Crippen molar-refractivity contribution in [3.05, 3.63) is 0 Å². The quantitative estimate of drug-likeness (QED) is 0.812. The molecule has 0 bridgehead atoms. The van der Waals surface area contributed by atoms with E-state index in [2.05, 4.69) is 25.7 Å². The molecule has 116 valence electrons. The highest BCUT2D eigenvalue weighted by Crippen LogP contribution is 2.41. The van der Waals surface area contributed by atoms with Gasteiger partial charge in [0.2, 0.25) is 5.91 Å². The molecule has 0 radical (unpaired) electrons. The largest absolute Gasteiger partial charge is 0.339 e. The second-order valence-electron chi connectivity index (χ2n) is 7.58. The Morgan fingerprint density at radius 2 is 1.85 bits per heavy atom. The van der Waals surface area contributed by atoms with Crippen LogP contribution in [0.4, 0.5) is 0 Å². The lowest BCUT2D eigenvalue weighted by molar-refractivity contribution is -0.145. The predicted molar refractivity (Wildman–Crippen MR) is 83.3 cm³/mol. The van der Waals surface area contributed by atoms with E-state index in [0.717, 1.165) is 44.6 Å². The second kappa shape index (κ2) is 6.46. The number of nitrogens with two attached hydrogens (primary N) is 1. The fourth-order valence-corrected chi connectivity index (χ4v) is 3.36. The molecule has 0 spiro atoms. The van der Waals surface area contributed by atoms with Gasteiger partial charge in [0.15, 0.2) is 0 Å². The number of rotatable bonds is 6. The lowest BCUT2D eigenvalue weighted by Crippen LogP contribution is -2.51. The van der Waals surface area contributed by atoms with Gasteiger partial charge < -0.3 is 10.6 Å². The van der Waals surface area contributed by atoms with Gasteiger partial charge in [-0.2, -0.15) is 0 Å². The third kappa shape index (κ3) is 3.55. The summed E-state index contributed by atoms with van der Waals surface area (Å²) in [5.41, 5.74) is 5.81. The lowest BCUT2D eigenvalue weighted by Gasteiger charge is -2.41. The van der Waals surface area contributed by atoms with E-state index < -0.39 is 0 Å². The minimum Gasteiger partial charge on any atom is -0.339 e. The van der Waals surface area contributed by atoms with Crippen molar-refractivity contribution in [3.63, 3.8) is 0 Å². The van der Waals surface area contributed by atoms with Crippen LogP contribution >= 0.6 is 0 Å². The first-order chi connectivity index (χ1) is 9.48. The smallest absolute Gasteiger partial charge is 0.230 e. The molecular formula is C17H32N2O. The monoisotopic (exact) mass is 280 g/mol. The molecule has 0 aromatic carbocycles. The van der Waals surface area contributed by atoms with Gasteiger partial charge in [-0.25, -0.2) is 0 Å². The van der Waals surface area contributed by atoms with E-state index in [1.807, 2.05) is 0 Å². The summed E-state index contributed by atoms with van der Waals surface area (Å²) in [5.74, 6) is 1.78. The van der Waals surface area contributed by atoms with Gasteiger partial charge in [-0.1, -0.05) is 20.8 Å².